The van der Waals surface area contributed by atoms with Crippen molar-refractivity contribution in [3.05, 3.63) is 65.7 Å². The van der Waals surface area contributed by atoms with Gasteiger partial charge < -0.3 is 15.7 Å². The van der Waals surface area contributed by atoms with E-state index in [1.165, 1.54) is 12.1 Å². The molecule has 158 valence electrons. The normalized spacial score (nSPS) is 12.5. The first-order chi connectivity index (χ1) is 14.1. The van der Waals surface area contributed by atoms with Crippen LogP contribution in [-0.2, 0) is 21.2 Å². The molecule has 0 aromatic heterocycles. The number of carboxylic acids is 1. The number of aliphatic carboxylic acids is 1. The largest absolute Gasteiger partial charge is 0.480 e. The first-order valence-electron chi connectivity index (χ1n) is 9.40. The molecule has 7 nitrogen and oxygen atoms in total. The van der Waals surface area contributed by atoms with Crippen LogP contribution in [0.3, 0.4) is 0 Å². The van der Waals surface area contributed by atoms with E-state index in [0.29, 0.717) is 11.3 Å². The van der Waals surface area contributed by atoms with Crippen LogP contribution in [0.4, 0.5) is 11.4 Å². The maximum atomic E-state index is 13.1. The Balaban J connectivity index is 2.00. The Labute approximate surface area is 176 Å². The van der Waals surface area contributed by atoms with Gasteiger partial charge in [-0.15, -0.1) is 0 Å². The Morgan fingerprint density at radius 3 is 2.43 bits per heavy atom. The molecule has 0 aliphatic rings. The lowest BCUT2D eigenvalue weighted by molar-refractivity contribution is -0.138. The smallest absolute Gasteiger partial charge is 0.320 e. The Morgan fingerprint density at radius 1 is 1.10 bits per heavy atom. The van der Waals surface area contributed by atoms with Gasteiger partial charge in [-0.25, -0.2) is 8.42 Å². The van der Waals surface area contributed by atoms with E-state index in [1.807, 2.05) is 43.3 Å². The van der Waals surface area contributed by atoms with Gasteiger partial charge >= 0.3 is 5.97 Å². The van der Waals surface area contributed by atoms with E-state index in [1.54, 1.807) is 25.1 Å². The number of hydrogen-bond donors (Lipinski definition) is 3. The highest BCUT2D eigenvalue weighted by Crippen LogP contribution is 2.32. The van der Waals surface area contributed by atoms with Crippen molar-refractivity contribution in [2.24, 2.45) is 5.73 Å². The fraction of sp³-hybridized carbons (Fsp3) is 0.227. The van der Waals surface area contributed by atoms with Crippen molar-refractivity contribution in [2.75, 3.05) is 23.7 Å². The van der Waals surface area contributed by atoms with Crippen LogP contribution in [0.2, 0.25) is 0 Å². The average molecular weight is 428 g/mol. The summed E-state index contributed by atoms with van der Waals surface area (Å²) in [6, 6.07) is 14.7. The SMILES string of the molecule is Cc1ccc(S(=O)(=O)Nc2cccc3c(N(C)C)cccc23)cc1C[C@H](N)C(=O)O. The first kappa shape index (κ1) is 21.6. The molecule has 8 heteroatoms. The monoisotopic (exact) mass is 427 g/mol. The second kappa shape index (κ2) is 8.33. The van der Waals surface area contributed by atoms with Crippen LogP contribution in [0.5, 0.6) is 0 Å². The van der Waals surface area contributed by atoms with Crippen molar-refractivity contribution in [3.63, 3.8) is 0 Å². The van der Waals surface area contributed by atoms with Crippen LogP contribution >= 0.6 is 0 Å². The topological polar surface area (TPSA) is 113 Å². The molecule has 3 aromatic carbocycles. The maximum absolute atomic E-state index is 13.1. The Hall–Kier alpha value is -3.10. The van der Waals surface area contributed by atoms with Crippen LogP contribution in [-0.4, -0.2) is 39.6 Å². The number of carbonyl (C=O) groups is 1. The van der Waals surface area contributed by atoms with E-state index in [0.717, 1.165) is 22.0 Å². The van der Waals surface area contributed by atoms with Crippen molar-refractivity contribution in [1.29, 1.82) is 0 Å². The van der Waals surface area contributed by atoms with Gasteiger partial charge in [0.05, 0.1) is 10.6 Å². The molecule has 0 amide bonds. The zero-order valence-corrected chi connectivity index (χ0v) is 17.9. The second-order valence-electron chi connectivity index (χ2n) is 7.41. The first-order valence-corrected chi connectivity index (χ1v) is 10.9. The molecule has 0 saturated heterocycles. The number of sulfonamides is 1. The minimum atomic E-state index is -3.89. The minimum Gasteiger partial charge on any atom is -0.480 e. The van der Waals surface area contributed by atoms with E-state index in [2.05, 4.69) is 4.72 Å². The molecule has 0 fully saturated rings. The number of aryl methyl sites for hydroxylation is 1. The molecule has 0 aliphatic heterocycles. The molecule has 0 radical (unpaired) electrons. The summed E-state index contributed by atoms with van der Waals surface area (Å²) < 4.78 is 28.8. The van der Waals surface area contributed by atoms with E-state index < -0.39 is 22.0 Å². The van der Waals surface area contributed by atoms with Gasteiger partial charge in [-0.2, -0.15) is 0 Å². The fourth-order valence-electron chi connectivity index (χ4n) is 3.34. The number of rotatable bonds is 7. The Morgan fingerprint density at radius 2 is 1.77 bits per heavy atom. The summed E-state index contributed by atoms with van der Waals surface area (Å²) in [5, 5.41) is 10.8. The van der Waals surface area contributed by atoms with E-state index in [-0.39, 0.29) is 11.3 Å². The standard InChI is InChI=1S/C22H25N3O4S/c1-14-10-11-16(12-15(14)13-19(23)22(26)27)30(28,29)24-20-8-4-7-18-17(20)6-5-9-21(18)25(2)3/h4-12,19,24H,13,23H2,1-3H3,(H,26,27)/t19-/m0/s1. The van der Waals surface area contributed by atoms with Crippen LogP contribution in [0.25, 0.3) is 10.8 Å². The predicted octanol–water partition coefficient (Wildman–Crippen LogP) is 2.97. The summed E-state index contributed by atoms with van der Waals surface area (Å²) in [5.74, 6) is -1.13. The molecule has 30 heavy (non-hydrogen) atoms. The Kier molecular flexibility index (Phi) is 6.00. The molecular weight excluding hydrogens is 402 g/mol. The molecule has 3 rings (SSSR count). The molecule has 0 bridgehead atoms. The summed E-state index contributed by atoms with van der Waals surface area (Å²) in [4.78, 5) is 13.1. The average Bonchev–Trinajstić information content (AvgIpc) is 2.68. The van der Waals surface area contributed by atoms with Crippen molar-refractivity contribution in [3.8, 4) is 0 Å². The number of nitrogens with one attached hydrogen (secondary N) is 1. The summed E-state index contributed by atoms with van der Waals surface area (Å²) in [6.07, 6.45) is 0.0466. The van der Waals surface area contributed by atoms with Crippen molar-refractivity contribution in [2.45, 2.75) is 24.3 Å². The number of fused-ring (bicyclic) bond motifs is 1. The van der Waals surface area contributed by atoms with Crippen LogP contribution in [0.1, 0.15) is 11.1 Å². The molecule has 0 aliphatic carbocycles. The highest BCUT2D eigenvalue weighted by Gasteiger charge is 2.20. The molecule has 4 N–H and O–H groups in total. The molecule has 1 atom stereocenters. The Bertz CT molecular complexity index is 1210. The number of hydrogen-bond acceptors (Lipinski definition) is 5. The predicted molar refractivity (Wildman–Crippen MR) is 120 cm³/mol. The van der Waals surface area contributed by atoms with E-state index >= 15 is 0 Å². The third kappa shape index (κ3) is 4.39. The van der Waals surface area contributed by atoms with Gasteiger partial charge in [-0.3, -0.25) is 9.52 Å². The summed E-state index contributed by atoms with van der Waals surface area (Å²) in [6.45, 7) is 1.79. The van der Waals surface area contributed by atoms with Gasteiger partial charge in [0.1, 0.15) is 6.04 Å². The zero-order valence-electron chi connectivity index (χ0n) is 17.1. The maximum Gasteiger partial charge on any atom is 0.320 e. The quantitative estimate of drug-likeness (QED) is 0.534. The van der Waals surface area contributed by atoms with Gasteiger partial charge in [0.15, 0.2) is 0 Å². The number of carboxylic acid groups (broad SMARTS) is 1. The summed E-state index contributed by atoms with van der Waals surface area (Å²) >= 11 is 0. The van der Waals surface area contributed by atoms with Crippen LogP contribution < -0.4 is 15.4 Å². The summed E-state index contributed by atoms with van der Waals surface area (Å²) in [7, 11) is -0.0214. The van der Waals surface area contributed by atoms with Crippen molar-refractivity contribution >= 4 is 38.1 Å². The lowest BCUT2D eigenvalue weighted by Crippen LogP contribution is -2.32. The van der Waals surface area contributed by atoms with Gasteiger partial charge in [-0.1, -0.05) is 30.3 Å². The molecule has 0 heterocycles. The second-order valence-corrected chi connectivity index (χ2v) is 9.10. The molecule has 0 spiro atoms. The number of anilines is 2. The van der Waals surface area contributed by atoms with Gasteiger partial charge in [0.2, 0.25) is 0 Å². The zero-order chi connectivity index (χ0) is 22.1. The summed E-state index contributed by atoms with van der Waals surface area (Å²) in [5.41, 5.74) is 8.45. The number of benzene rings is 3. The van der Waals surface area contributed by atoms with Gasteiger partial charge in [0.25, 0.3) is 10.0 Å². The highest BCUT2D eigenvalue weighted by atomic mass is 32.2. The number of nitrogens with two attached hydrogens (primary N) is 1. The fourth-order valence-corrected chi connectivity index (χ4v) is 4.47. The molecular formula is C22H25N3O4S. The molecule has 0 saturated carbocycles. The van der Waals surface area contributed by atoms with E-state index in [9.17, 15) is 13.2 Å². The lowest BCUT2D eigenvalue weighted by Gasteiger charge is -2.18. The third-order valence-corrected chi connectivity index (χ3v) is 6.38. The van der Waals surface area contributed by atoms with Crippen LogP contribution in [0, 0.1) is 6.92 Å². The minimum absolute atomic E-state index is 0.0466. The molecule has 0 unspecified atom stereocenters. The molecule has 3 aromatic rings. The highest BCUT2D eigenvalue weighted by molar-refractivity contribution is 7.92. The third-order valence-electron chi connectivity index (χ3n) is 5.01. The van der Waals surface area contributed by atoms with Crippen molar-refractivity contribution < 1.29 is 18.3 Å². The van der Waals surface area contributed by atoms with Gasteiger partial charge in [-0.05, 0) is 48.7 Å². The lowest BCUT2D eigenvalue weighted by atomic mass is 10.0. The number of nitrogens with zero attached hydrogens (tertiary/aromatic N) is 1. The van der Waals surface area contributed by atoms with Gasteiger partial charge in [0, 0.05) is 30.6 Å². The van der Waals surface area contributed by atoms with Crippen LogP contribution in [0.15, 0.2) is 59.5 Å². The van der Waals surface area contributed by atoms with Crippen molar-refractivity contribution in [1.82, 2.24) is 0 Å². The van der Waals surface area contributed by atoms with E-state index in [4.69, 9.17) is 10.8 Å².